The van der Waals surface area contributed by atoms with Gasteiger partial charge in [0.25, 0.3) is 0 Å². The van der Waals surface area contributed by atoms with Crippen LogP contribution in [0.5, 0.6) is 11.5 Å². The lowest BCUT2D eigenvalue weighted by Gasteiger charge is -2.28. The third kappa shape index (κ3) is 2.98. The van der Waals surface area contributed by atoms with Crippen molar-refractivity contribution >= 4 is 66.6 Å². The highest BCUT2D eigenvalue weighted by Gasteiger charge is 2.38. The Labute approximate surface area is 235 Å². The predicted octanol–water partition coefficient (Wildman–Crippen LogP) is 5.41. The molecule has 0 saturated carbocycles. The number of phenolic OH excluding ortho intramolecular Hbond substituents is 2. The van der Waals surface area contributed by atoms with Crippen LogP contribution in [-0.2, 0) is 22.3 Å². The van der Waals surface area contributed by atoms with Crippen LogP contribution in [0.15, 0.2) is 30.6 Å². The zero-order valence-electron chi connectivity index (χ0n) is 22.7. The standard InChI is InChI=1S/C32H24O10/c1-3-5-11-7-13-19(31(37)39-11)27(35)21-15(33)10-18-23-24-17(41-29(13)25(21)23)9-16(34)22-26(24)30(42-18)14-8-12(6-4-2)40-32(38)20(14)28(22)36/h9-12,35-36H,3-8H2,1-2H3. The summed E-state index contributed by atoms with van der Waals surface area (Å²) < 4.78 is 23.9. The van der Waals surface area contributed by atoms with E-state index in [4.69, 9.17) is 18.3 Å². The first-order chi connectivity index (χ1) is 20.2. The van der Waals surface area contributed by atoms with Gasteiger partial charge >= 0.3 is 11.9 Å². The molecule has 2 aliphatic rings. The number of ether oxygens (including phenoxy) is 2. The average molecular weight is 569 g/mol. The van der Waals surface area contributed by atoms with Crippen LogP contribution in [0, 0.1) is 0 Å². The van der Waals surface area contributed by atoms with Gasteiger partial charge in [0.2, 0.25) is 0 Å². The fourth-order valence-corrected chi connectivity index (χ4v) is 7.12. The molecule has 0 amide bonds. The minimum absolute atomic E-state index is 0.126. The van der Waals surface area contributed by atoms with E-state index >= 15 is 0 Å². The molecule has 2 atom stereocenters. The summed E-state index contributed by atoms with van der Waals surface area (Å²) in [5.41, 5.74) is 0.0351. The van der Waals surface area contributed by atoms with E-state index in [1.807, 2.05) is 13.8 Å². The topological polar surface area (TPSA) is 153 Å². The monoisotopic (exact) mass is 568 g/mol. The van der Waals surface area contributed by atoms with Gasteiger partial charge < -0.3 is 28.5 Å². The Hall–Kier alpha value is -4.86. The summed E-state index contributed by atoms with van der Waals surface area (Å²) in [5.74, 6) is -2.49. The highest BCUT2D eigenvalue weighted by molar-refractivity contribution is 6.34. The third-order valence-electron chi connectivity index (χ3n) is 8.78. The number of carbonyl (C=O) groups excluding carboxylic acids is 2. The second kappa shape index (κ2) is 8.34. The maximum absolute atomic E-state index is 13.5. The van der Waals surface area contributed by atoms with Crippen molar-refractivity contribution in [3.8, 4) is 11.5 Å². The van der Waals surface area contributed by atoms with Gasteiger partial charge in [-0.15, -0.1) is 0 Å². The quantitative estimate of drug-likeness (QED) is 0.160. The normalized spacial score (nSPS) is 18.8. The number of hydrogen-bond donors (Lipinski definition) is 2. The summed E-state index contributed by atoms with van der Waals surface area (Å²) in [4.78, 5) is 53.2. The van der Waals surface area contributed by atoms with Crippen molar-refractivity contribution in [1.29, 1.82) is 0 Å². The van der Waals surface area contributed by atoms with Crippen molar-refractivity contribution in [2.75, 3.05) is 0 Å². The summed E-state index contributed by atoms with van der Waals surface area (Å²) in [6, 6.07) is 2.45. The molecule has 8 rings (SSSR count). The number of aromatic hydroxyl groups is 2. The fraction of sp³-hybridized carbons (Fsp3) is 0.312. The van der Waals surface area contributed by atoms with E-state index in [2.05, 4.69) is 0 Å². The molecule has 4 aromatic carbocycles. The molecule has 0 radical (unpaired) electrons. The van der Waals surface area contributed by atoms with Crippen molar-refractivity contribution in [3.05, 3.63) is 54.8 Å². The van der Waals surface area contributed by atoms with E-state index in [9.17, 15) is 29.4 Å². The van der Waals surface area contributed by atoms with Gasteiger partial charge in [0.1, 0.15) is 57.2 Å². The third-order valence-corrected chi connectivity index (χ3v) is 8.78. The molecule has 10 heteroatoms. The summed E-state index contributed by atoms with van der Waals surface area (Å²) in [6.45, 7) is 3.93. The Balaban J connectivity index is 1.59. The predicted molar refractivity (Wildman–Crippen MR) is 152 cm³/mol. The first-order valence-electron chi connectivity index (χ1n) is 14.1. The van der Waals surface area contributed by atoms with Crippen LogP contribution in [0.25, 0.3) is 54.6 Å². The first-order valence-corrected chi connectivity index (χ1v) is 14.1. The lowest BCUT2D eigenvalue weighted by molar-refractivity contribution is 0.0223. The molecule has 212 valence electrons. The van der Waals surface area contributed by atoms with Gasteiger partial charge in [0.15, 0.2) is 10.9 Å². The molecule has 0 spiro atoms. The minimum atomic E-state index is -0.747. The van der Waals surface area contributed by atoms with Gasteiger partial charge in [-0.3, -0.25) is 9.59 Å². The molecule has 10 nitrogen and oxygen atoms in total. The maximum Gasteiger partial charge on any atom is 0.342 e. The van der Waals surface area contributed by atoms with E-state index in [1.54, 1.807) is 0 Å². The SMILES string of the molecule is CCCC1Cc2c(c(O)c3c(=O)cc4oc5c6c(c(O)c7c(=O)cc8oc2c3c4c8c57)C(=O)OC(CCC)C6)C(=O)O1. The Bertz CT molecular complexity index is 2130. The number of esters is 2. The number of fused-ring (bicyclic) bond motifs is 4. The highest BCUT2D eigenvalue weighted by Crippen LogP contribution is 2.50. The van der Waals surface area contributed by atoms with Crippen molar-refractivity contribution < 1.29 is 38.1 Å². The number of hydrogen-bond acceptors (Lipinski definition) is 10. The number of cyclic esters (lactones) is 2. The van der Waals surface area contributed by atoms with Crippen molar-refractivity contribution in [2.24, 2.45) is 0 Å². The largest absolute Gasteiger partial charge is 0.506 e. The van der Waals surface area contributed by atoms with Crippen molar-refractivity contribution in [2.45, 2.75) is 64.6 Å². The Morgan fingerprint density at radius 1 is 0.643 bits per heavy atom. The molecule has 6 aromatic rings. The number of rotatable bonds is 4. The van der Waals surface area contributed by atoms with Gasteiger partial charge in [-0.1, -0.05) is 26.7 Å². The van der Waals surface area contributed by atoms with E-state index in [0.717, 1.165) is 12.8 Å². The van der Waals surface area contributed by atoms with Gasteiger partial charge in [-0.2, -0.15) is 0 Å². The molecule has 42 heavy (non-hydrogen) atoms. The Morgan fingerprint density at radius 3 is 1.43 bits per heavy atom. The van der Waals surface area contributed by atoms with Crippen LogP contribution >= 0.6 is 0 Å². The van der Waals surface area contributed by atoms with Crippen molar-refractivity contribution in [1.82, 2.24) is 0 Å². The molecular weight excluding hydrogens is 544 g/mol. The van der Waals surface area contributed by atoms with Gasteiger partial charge in [-0.05, 0) is 12.8 Å². The molecule has 0 fully saturated rings. The molecular formula is C32H24O10. The number of carbonyl (C=O) groups is 2. The molecule has 0 saturated heterocycles. The maximum atomic E-state index is 13.5. The first kappa shape index (κ1) is 24.9. The lowest BCUT2D eigenvalue weighted by Crippen LogP contribution is -2.28. The summed E-state index contributed by atoms with van der Waals surface area (Å²) in [5, 5.41) is 23.7. The smallest absolute Gasteiger partial charge is 0.342 e. The molecule has 0 aliphatic carbocycles. The molecule has 2 aromatic heterocycles. The number of phenols is 2. The second-order valence-corrected chi connectivity index (χ2v) is 11.3. The Morgan fingerprint density at radius 2 is 1.05 bits per heavy atom. The van der Waals surface area contributed by atoms with E-state index in [-0.39, 0.29) is 67.8 Å². The highest BCUT2D eigenvalue weighted by atomic mass is 16.5. The lowest BCUT2D eigenvalue weighted by atomic mass is 9.86. The molecule has 2 unspecified atom stereocenters. The van der Waals surface area contributed by atoms with Crippen LogP contribution in [0.4, 0.5) is 0 Å². The zero-order chi connectivity index (χ0) is 29.2. The van der Waals surface area contributed by atoms with Crippen LogP contribution in [0.1, 0.15) is 71.4 Å². The van der Waals surface area contributed by atoms with E-state index in [1.165, 1.54) is 12.1 Å². The van der Waals surface area contributed by atoms with Crippen LogP contribution in [-0.4, -0.2) is 34.4 Å². The average Bonchev–Trinajstić information content (AvgIpc) is 2.93. The minimum Gasteiger partial charge on any atom is -0.506 e. The second-order valence-electron chi connectivity index (χ2n) is 11.3. The van der Waals surface area contributed by atoms with Gasteiger partial charge in [-0.25, -0.2) is 9.59 Å². The van der Waals surface area contributed by atoms with Crippen molar-refractivity contribution in [3.63, 3.8) is 0 Å². The molecule has 0 bridgehead atoms. The number of benzene rings is 4. The molecule has 2 aliphatic heterocycles. The summed E-state index contributed by atoms with van der Waals surface area (Å²) in [6.07, 6.45) is 2.30. The Kier molecular flexibility index (Phi) is 4.95. The van der Waals surface area contributed by atoms with Crippen LogP contribution in [0.3, 0.4) is 0 Å². The summed E-state index contributed by atoms with van der Waals surface area (Å²) in [7, 11) is 0. The fourth-order valence-electron chi connectivity index (χ4n) is 7.12. The van der Waals surface area contributed by atoms with E-state index in [0.29, 0.717) is 34.7 Å². The summed E-state index contributed by atoms with van der Waals surface area (Å²) >= 11 is 0. The molecule has 2 N–H and O–H groups in total. The zero-order valence-corrected chi connectivity index (χ0v) is 22.7. The van der Waals surface area contributed by atoms with Crippen LogP contribution < -0.4 is 10.9 Å². The molecule has 4 heterocycles. The van der Waals surface area contributed by atoms with E-state index < -0.39 is 46.5 Å². The van der Waals surface area contributed by atoms with Gasteiger partial charge in [0, 0.05) is 57.6 Å². The van der Waals surface area contributed by atoms with Crippen LogP contribution in [0.2, 0.25) is 0 Å². The van der Waals surface area contributed by atoms with Gasteiger partial charge in [0.05, 0.1) is 10.8 Å².